The fraction of sp³-hybridized carbons (Fsp3) is 0.800. The van der Waals surface area contributed by atoms with Crippen LogP contribution in [0.2, 0.25) is 0 Å². The molecule has 1 unspecified atom stereocenters. The van der Waals surface area contributed by atoms with Crippen molar-refractivity contribution in [2.75, 3.05) is 39.8 Å². The van der Waals surface area contributed by atoms with Crippen molar-refractivity contribution in [1.29, 1.82) is 0 Å². The molecule has 1 saturated heterocycles. The molecule has 1 aliphatic rings. The molecule has 7 heteroatoms. The molecule has 0 aliphatic carbocycles. The van der Waals surface area contributed by atoms with Gasteiger partial charge < -0.3 is 15.1 Å². The van der Waals surface area contributed by atoms with Crippen LogP contribution in [-0.2, 0) is 26.4 Å². The molecule has 2 rings (SSSR count). The number of guanidine groups is 1. The molecule has 2 heterocycles. The summed E-state index contributed by atoms with van der Waals surface area (Å²) in [5.74, 6) is 1.77. The number of aromatic nitrogens is 2. The summed E-state index contributed by atoms with van der Waals surface area (Å²) in [7, 11) is 3.94. The van der Waals surface area contributed by atoms with Crippen LogP contribution in [0.25, 0.3) is 0 Å². The molecule has 0 spiro atoms. The number of nitrogens with zero attached hydrogens (tertiary/aromatic N) is 5. The van der Waals surface area contributed by atoms with Crippen molar-refractivity contribution in [3.8, 4) is 0 Å². The molecule has 1 atom stereocenters. The van der Waals surface area contributed by atoms with Gasteiger partial charge in [0.2, 0.25) is 0 Å². The second kappa shape index (κ2) is 11.9. The third kappa shape index (κ3) is 6.07. The molecule has 1 aliphatic heterocycles. The molecule has 0 saturated carbocycles. The molecule has 1 aromatic rings. The zero-order valence-electron chi connectivity index (χ0n) is 18.1. The summed E-state index contributed by atoms with van der Waals surface area (Å²) in [6.07, 6.45) is 3.23. The Balaban J connectivity index is 0.00000364. The van der Waals surface area contributed by atoms with Crippen LogP contribution >= 0.6 is 24.0 Å². The molecule has 0 amide bonds. The van der Waals surface area contributed by atoms with Crippen LogP contribution in [-0.4, -0.2) is 65.3 Å². The van der Waals surface area contributed by atoms with Crippen LogP contribution in [0.5, 0.6) is 0 Å². The number of aryl methyl sites for hydroxylation is 2. The van der Waals surface area contributed by atoms with E-state index in [-0.39, 0.29) is 24.0 Å². The lowest BCUT2D eigenvalue weighted by Gasteiger charge is -2.24. The first-order valence-electron chi connectivity index (χ1n) is 10.3. The first-order valence-corrected chi connectivity index (χ1v) is 10.3. The van der Waals surface area contributed by atoms with Gasteiger partial charge in [-0.3, -0.25) is 9.67 Å². The van der Waals surface area contributed by atoms with E-state index in [1.54, 1.807) is 0 Å². The van der Waals surface area contributed by atoms with Crippen LogP contribution in [0.1, 0.15) is 51.1 Å². The fourth-order valence-corrected chi connectivity index (χ4v) is 4.11. The maximum Gasteiger partial charge on any atom is 0.193 e. The second-order valence-electron chi connectivity index (χ2n) is 7.19. The molecule has 1 aromatic heterocycles. The summed E-state index contributed by atoms with van der Waals surface area (Å²) in [6, 6.07) is 0. The van der Waals surface area contributed by atoms with E-state index in [0.717, 1.165) is 57.4 Å². The lowest BCUT2D eigenvalue weighted by Crippen LogP contribution is -2.40. The second-order valence-corrected chi connectivity index (χ2v) is 7.19. The first-order chi connectivity index (χ1) is 12.6. The Kier molecular flexibility index (Phi) is 10.7. The third-order valence-corrected chi connectivity index (χ3v) is 5.66. The van der Waals surface area contributed by atoms with Crippen LogP contribution < -0.4 is 5.32 Å². The Morgan fingerprint density at radius 1 is 1.22 bits per heavy atom. The van der Waals surface area contributed by atoms with Gasteiger partial charge in [-0.05, 0) is 38.3 Å². The van der Waals surface area contributed by atoms with Crippen molar-refractivity contribution in [2.24, 2.45) is 18.0 Å². The molecular formula is C20H39IN6. The van der Waals surface area contributed by atoms with Crippen LogP contribution in [0.3, 0.4) is 0 Å². The lowest BCUT2D eigenvalue weighted by molar-refractivity contribution is 0.255. The van der Waals surface area contributed by atoms with E-state index < -0.39 is 0 Å². The van der Waals surface area contributed by atoms with Gasteiger partial charge in [0.25, 0.3) is 0 Å². The van der Waals surface area contributed by atoms with Gasteiger partial charge in [0, 0.05) is 51.5 Å². The fourth-order valence-electron chi connectivity index (χ4n) is 4.11. The molecular weight excluding hydrogens is 451 g/mol. The molecule has 0 bridgehead atoms. The minimum atomic E-state index is 0. The predicted octanol–water partition coefficient (Wildman–Crippen LogP) is 2.90. The topological polar surface area (TPSA) is 48.7 Å². The highest BCUT2D eigenvalue weighted by Crippen LogP contribution is 2.19. The summed E-state index contributed by atoms with van der Waals surface area (Å²) in [4.78, 5) is 9.49. The average Bonchev–Trinajstić information content (AvgIpc) is 3.24. The van der Waals surface area contributed by atoms with E-state index in [1.165, 1.54) is 29.9 Å². The predicted molar refractivity (Wildman–Crippen MR) is 125 cm³/mol. The molecule has 1 fully saturated rings. The number of halogens is 1. The number of rotatable bonds is 8. The Morgan fingerprint density at radius 2 is 1.93 bits per heavy atom. The Morgan fingerprint density at radius 3 is 2.48 bits per heavy atom. The van der Waals surface area contributed by atoms with E-state index in [0.29, 0.717) is 0 Å². The Hall–Kier alpha value is -0.830. The smallest absolute Gasteiger partial charge is 0.193 e. The third-order valence-electron chi connectivity index (χ3n) is 5.66. The van der Waals surface area contributed by atoms with Gasteiger partial charge in [-0.25, -0.2) is 0 Å². The maximum absolute atomic E-state index is 4.68. The molecule has 6 nitrogen and oxygen atoms in total. The van der Waals surface area contributed by atoms with Gasteiger partial charge in [0.05, 0.1) is 5.69 Å². The monoisotopic (exact) mass is 490 g/mol. The number of aliphatic imine (C=N–C) groups is 1. The van der Waals surface area contributed by atoms with Crippen LogP contribution in [0.4, 0.5) is 0 Å². The first kappa shape index (κ1) is 24.2. The Bertz CT molecular complexity index is 594. The summed E-state index contributed by atoms with van der Waals surface area (Å²) in [6.45, 7) is 15.4. The molecule has 156 valence electrons. The van der Waals surface area contributed by atoms with E-state index in [9.17, 15) is 0 Å². The number of likely N-dealkylation sites (tertiary alicyclic amines) is 1. The van der Waals surface area contributed by atoms with Crippen LogP contribution in [0.15, 0.2) is 4.99 Å². The lowest BCUT2D eigenvalue weighted by atomic mass is 10.1. The number of hydrogen-bond donors (Lipinski definition) is 1. The zero-order chi connectivity index (χ0) is 19.1. The quantitative estimate of drug-likeness (QED) is 0.346. The SMILES string of the molecule is CCc1nn(C)c(CC)c1CNC(=NC)N1CCC(CN(CC)CC)C1.I. The van der Waals surface area contributed by atoms with Gasteiger partial charge >= 0.3 is 0 Å². The van der Waals surface area contributed by atoms with E-state index in [2.05, 4.69) is 60.0 Å². The normalized spacial score (nSPS) is 17.5. The van der Waals surface area contributed by atoms with Crippen molar-refractivity contribution in [3.05, 3.63) is 17.0 Å². The van der Waals surface area contributed by atoms with E-state index in [1.807, 2.05) is 11.7 Å². The van der Waals surface area contributed by atoms with Gasteiger partial charge in [-0.2, -0.15) is 5.10 Å². The van der Waals surface area contributed by atoms with Gasteiger partial charge in [0.1, 0.15) is 0 Å². The average molecular weight is 490 g/mol. The summed E-state index contributed by atoms with van der Waals surface area (Å²) >= 11 is 0. The minimum Gasteiger partial charge on any atom is -0.352 e. The molecule has 0 aromatic carbocycles. The zero-order valence-corrected chi connectivity index (χ0v) is 20.4. The van der Waals surface area contributed by atoms with Gasteiger partial charge in [-0.15, -0.1) is 24.0 Å². The maximum atomic E-state index is 4.68. The van der Waals surface area contributed by atoms with Crippen molar-refractivity contribution in [2.45, 2.75) is 53.5 Å². The summed E-state index contributed by atoms with van der Waals surface area (Å²) in [5, 5.41) is 8.28. The molecule has 0 radical (unpaired) electrons. The van der Waals surface area contributed by atoms with Crippen LogP contribution in [0, 0.1) is 5.92 Å². The minimum absolute atomic E-state index is 0. The number of nitrogens with one attached hydrogen (secondary N) is 1. The van der Waals surface area contributed by atoms with Crippen molar-refractivity contribution < 1.29 is 0 Å². The summed E-state index contributed by atoms with van der Waals surface area (Å²) < 4.78 is 2.04. The highest BCUT2D eigenvalue weighted by molar-refractivity contribution is 14.0. The van der Waals surface area contributed by atoms with Crippen molar-refractivity contribution in [3.63, 3.8) is 0 Å². The largest absolute Gasteiger partial charge is 0.352 e. The highest BCUT2D eigenvalue weighted by atomic mass is 127. The van der Waals surface area contributed by atoms with Gasteiger partial charge in [0.15, 0.2) is 5.96 Å². The highest BCUT2D eigenvalue weighted by Gasteiger charge is 2.26. The standard InChI is InChI=1S/C20H38N6.HI/c1-7-18-17(19(8-2)24(6)23-18)13-22-20(21-5)26-12-11-16(15-26)14-25(9-3)10-4;/h16H,7-15H2,1-6H3,(H,21,22);1H. The van der Waals surface area contributed by atoms with E-state index >= 15 is 0 Å². The molecule has 1 N–H and O–H groups in total. The van der Waals surface area contributed by atoms with Crippen molar-refractivity contribution in [1.82, 2.24) is 24.9 Å². The van der Waals surface area contributed by atoms with E-state index in [4.69, 9.17) is 0 Å². The Labute approximate surface area is 182 Å². The molecule has 27 heavy (non-hydrogen) atoms. The van der Waals surface area contributed by atoms with Crippen molar-refractivity contribution >= 4 is 29.9 Å². The summed E-state index contributed by atoms with van der Waals surface area (Å²) in [5.41, 5.74) is 3.87. The van der Waals surface area contributed by atoms with Gasteiger partial charge in [-0.1, -0.05) is 27.7 Å². The number of hydrogen-bond acceptors (Lipinski definition) is 3.